The summed E-state index contributed by atoms with van der Waals surface area (Å²) >= 11 is 0. The minimum Gasteiger partial charge on any atom is -0.477 e. The van der Waals surface area contributed by atoms with Crippen LogP contribution in [0.1, 0.15) is 12.5 Å². The highest BCUT2D eigenvalue weighted by atomic mass is 16.5. The van der Waals surface area contributed by atoms with Gasteiger partial charge >= 0.3 is 0 Å². The summed E-state index contributed by atoms with van der Waals surface area (Å²) in [6.07, 6.45) is 3.37. The van der Waals surface area contributed by atoms with Crippen molar-refractivity contribution in [2.75, 3.05) is 6.61 Å². The lowest BCUT2D eigenvalue weighted by Gasteiger charge is -2.09. The zero-order chi connectivity index (χ0) is 17.2. The van der Waals surface area contributed by atoms with Gasteiger partial charge in [0.2, 0.25) is 11.7 Å². The molecule has 25 heavy (non-hydrogen) atoms. The van der Waals surface area contributed by atoms with Crippen LogP contribution in [0.15, 0.2) is 53.3 Å². The van der Waals surface area contributed by atoms with E-state index in [1.807, 2.05) is 50.2 Å². The van der Waals surface area contributed by atoms with Gasteiger partial charge in [-0.1, -0.05) is 23.4 Å². The van der Waals surface area contributed by atoms with Gasteiger partial charge in [-0.25, -0.2) is 4.98 Å². The van der Waals surface area contributed by atoms with Crippen molar-refractivity contribution < 1.29 is 9.26 Å². The molecule has 0 aliphatic rings. The molecule has 0 amide bonds. The van der Waals surface area contributed by atoms with Gasteiger partial charge < -0.3 is 9.26 Å². The van der Waals surface area contributed by atoms with Crippen LogP contribution in [0.5, 0.6) is 5.88 Å². The highest BCUT2D eigenvalue weighted by Gasteiger charge is 2.17. The van der Waals surface area contributed by atoms with Crippen molar-refractivity contribution in [3.05, 3.63) is 54.4 Å². The number of nitrogens with zero attached hydrogens (tertiary/aromatic N) is 4. The molecule has 0 aliphatic carbocycles. The smallest absolute Gasteiger partial charge is 0.258 e. The second-order valence-electron chi connectivity index (χ2n) is 5.58. The van der Waals surface area contributed by atoms with E-state index < -0.39 is 0 Å². The molecule has 0 fully saturated rings. The van der Waals surface area contributed by atoms with Gasteiger partial charge in [0.25, 0.3) is 5.89 Å². The second-order valence-corrected chi connectivity index (χ2v) is 5.58. The van der Waals surface area contributed by atoms with Crippen LogP contribution < -0.4 is 4.74 Å². The Kier molecular flexibility index (Phi) is 3.85. The van der Waals surface area contributed by atoms with Gasteiger partial charge in [-0.2, -0.15) is 4.98 Å². The molecule has 0 atom stereocenters. The fourth-order valence-corrected chi connectivity index (χ4v) is 2.68. The fraction of sp³-hybridized carbons (Fsp3) is 0.158. The average Bonchev–Trinajstić information content (AvgIpc) is 3.13. The number of ether oxygens (including phenoxy) is 1. The number of rotatable bonds is 4. The molecule has 124 valence electrons. The average molecular weight is 332 g/mol. The molecule has 0 bridgehead atoms. The summed E-state index contributed by atoms with van der Waals surface area (Å²) in [5.41, 5.74) is 3.53. The van der Waals surface area contributed by atoms with E-state index in [9.17, 15) is 0 Å². The quantitative estimate of drug-likeness (QED) is 0.561. The Morgan fingerprint density at radius 3 is 2.72 bits per heavy atom. The summed E-state index contributed by atoms with van der Waals surface area (Å²) in [7, 11) is 0. The molecule has 0 saturated heterocycles. The zero-order valence-corrected chi connectivity index (χ0v) is 13.9. The van der Waals surface area contributed by atoms with Gasteiger partial charge in [0.05, 0.1) is 17.7 Å². The largest absolute Gasteiger partial charge is 0.477 e. The molecular formula is C19H16N4O2. The number of hydrogen-bond acceptors (Lipinski definition) is 6. The molecule has 0 N–H and O–H groups in total. The van der Waals surface area contributed by atoms with Crippen molar-refractivity contribution in [1.29, 1.82) is 0 Å². The van der Waals surface area contributed by atoms with E-state index in [-0.39, 0.29) is 0 Å². The van der Waals surface area contributed by atoms with Crippen molar-refractivity contribution in [3.63, 3.8) is 0 Å². The predicted molar refractivity (Wildman–Crippen MR) is 94.2 cm³/mol. The van der Waals surface area contributed by atoms with E-state index in [0.29, 0.717) is 29.8 Å². The van der Waals surface area contributed by atoms with Crippen molar-refractivity contribution in [2.45, 2.75) is 13.8 Å². The lowest BCUT2D eigenvalue weighted by molar-refractivity contribution is 0.329. The molecule has 3 heterocycles. The van der Waals surface area contributed by atoms with Gasteiger partial charge in [0.1, 0.15) is 0 Å². The highest BCUT2D eigenvalue weighted by molar-refractivity contribution is 5.87. The molecule has 0 aliphatic heterocycles. The fourth-order valence-electron chi connectivity index (χ4n) is 2.68. The molecule has 4 rings (SSSR count). The van der Waals surface area contributed by atoms with Crippen LogP contribution in [0, 0.1) is 6.92 Å². The summed E-state index contributed by atoms with van der Waals surface area (Å²) in [4.78, 5) is 13.2. The number of para-hydroxylation sites is 1. The maximum atomic E-state index is 5.73. The Labute approximate surface area is 144 Å². The Morgan fingerprint density at radius 2 is 1.92 bits per heavy atom. The third kappa shape index (κ3) is 2.82. The van der Waals surface area contributed by atoms with E-state index in [1.165, 1.54) is 0 Å². The first-order valence-electron chi connectivity index (χ1n) is 8.04. The molecule has 0 saturated carbocycles. The molecule has 3 aromatic heterocycles. The molecular weight excluding hydrogens is 316 g/mol. The third-order valence-electron chi connectivity index (χ3n) is 3.89. The number of benzene rings is 1. The van der Waals surface area contributed by atoms with Gasteiger partial charge in [0, 0.05) is 23.3 Å². The van der Waals surface area contributed by atoms with Crippen molar-refractivity contribution in [2.24, 2.45) is 0 Å². The van der Waals surface area contributed by atoms with Crippen LogP contribution in [0.4, 0.5) is 0 Å². The van der Waals surface area contributed by atoms with Crippen LogP contribution in [-0.4, -0.2) is 26.7 Å². The van der Waals surface area contributed by atoms with Crippen LogP contribution in [0.25, 0.3) is 33.7 Å². The number of fused-ring (bicyclic) bond motifs is 1. The Morgan fingerprint density at radius 1 is 1.08 bits per heavy atom. The number of aromatic nitrogens is 4. The summed E-state index contributed by atoms with van der Waals surface area (Å²) in [5, 5.41) is 5.12. The SMILES string of the molecule is CCOc1nc2c(C)cccc2cc1-c1noc(-c2ccncc2)n1. The monoisotopic (exact) mass is 332 g/mol. The summed E-state index contributed by atoms with van der Waals surface area (Å²) < 4.78 is 11.1. The number of aryl methyl sites for hydroxylation is 1. The molecule has 4 aromatic rings. The molecule has 6 nitrogen and oxygen atoms in total. The third-order valence-corrected chi connectivity index (χ3v) is 3.89. The summed E-state index contributed by atoms with van der Waals surface area (Å²) in [5.74, 6) is 1.39. The molecule has 0 spiro atoms. The lowest BCUT2D eigenvalue weighted by Crippen LogP contribution is -1.99. The standard InChI is InChI=1S/C19H16N4O2/c1-3-24-19-15(11-14-6-4-5-12(2)16(14)21-19)17-22-18(25-23-17)13-7-9-20-10-8-13/h4-11H,3H2,1-2H3. The van der Waals surface area contributed by atoms with Crippen LogP contribution in [0.2, 0.25) is 0 Å². The highest BCUT2D eigenvalue weighted by Crippen LogP contribution is 2.32. The maximum Gasteiger partial charge on any atom is 0.258 e. The Bertz CT molecular complexity index is 1030. The van der Waals surface area contributed by atoms with Gasteiger partial charge in [0.15, 0.2) is 0 Å². The van der Waals surface area contributed by atoms with E-state index in [1.54, 1.807) is 12.4 Å². The molecule has 6 heteroatoms. The molecule has 1 aromatic carbocycles. The Hall–Kier alpha value is -3.28. The number of pyridine rings is 2. The van der Waals surface area contributed by atoms with Crippen molar-refractivity contribution in [3.8, 4) is 28.7 Å². The van der Waals surface area contributed by atoms with E-state index in [4.69, 9.17) is 9.26 Å². The first kappa shape index (κ1) is 15.3. The van der Waals surface area contributed by atoms with Crippen LogP contribution in [-0.2, 0) is 0 Å². The first-order chi connectivity index (χ1) is 12.3. The Balaban J connectivity index is 1.85. The minimum absolute atomic E-state index is 0.434. The lowest BCUT2D eigenvalue weighted by atomic mass is 10.1. The normalized spacial score (nSPS) is 11.0. The van der Waals surface area contributed by atoms with Crippen LogP contribution >= 0.6 is 0 Å². The van der Waals surface area contributed by atoms with Crippen LogP contribution in [0.3, 0.4) is 0 Å². The maximum absolute atomic E-state index is 5.73. The first-order valence-corrected chi connectivity index (χ1v) is 8.04. The van der Waals surface area contributed by atoms with Gasteiger partial charge in [-0.15, -0.1) is 0 Å². The minimum atomic E-state index is 0.434. The van der Waals surface area contributed by atoms with E-state index in [0.717, 1.165) is 22.0 Å². The topological polar surface area (TPSA) is 73.9 Å². The summed E-state index contributed by atoms with van der Waals surface area (Å²) in [6, 6.07) is 11.7. The second kappa shape index (κ2) is 6.32. The van der Waals surface area contributed by atoms with Crippen molar-refractivity contribution >= 4 is 10.9 Å². The molecule has 0 radical (unpaired) electrons. The van der Waals surface area contributed by atoms with E-state index >= 15 is 0 Å². The van der Waals surface area contributed by atoms with Gasteiger partial charge in [-0.05, 0) is 37.6 Å². The number of hydrogen-bond donors (Lipinski definition) is 0. The van der Waals surface area contributed by atoms with E-state index in [2.05, 4.69) is 20.1 Å². The summed E-state index contributed by atoms with van der Waals surface area (Å²) in [6.45, 7) is 4.46. The van der Waals surface area contributed by atoms with Crippen molar-refractivity contribution in [1.82, 2.24) is 20.1 Å². The van der Waals surface area contributed by atoms with Gasteiger partial charge in [-0.3, -0.25) is 4.98 Å². The zero-order valence-electron chi connectivity index (χ0n) is 13.9. The predicted octanol–water partition coefficient (Wildman–Crippen LogP) is 4.05. The molecule has 0 unspecified atom stereocenters.